The molecule has 142 valence electrons. The van der Waals surface area contributed by atoms with Gasteiger partial charge < -0.3 is 15.7 Å². The first-order chi connectivity index (χ1) is 12.8. The van der Waals surface area contributed by atoms with Gasteiger partial charge in [-0.3, -0.25) is 9.59 Å². The summed E-state index contributed by atoms with van der Waals surface area (Å²) in [6, 6.07) is 11.3. The van der Waals surface area contributed by atoms with E-state index in [4.69, 9.17) is 0 Å². The molecule has 0 aliphatic heterocycles. The second kappa shape index (κ2) is 8.98. The third-order valence-electron chi connectivity index (χ3n) is 4.42. The molecule has 27 heavy (non-hydrogen) atoms. The van der Waals surface area contributed by atoms with Crippen LogP contribution in [-0.2, 0) is 4.79 Å². The monoisotopic (exact) mass is 368 g/mol. The number of carboxylic acid groups (broad SMARTS) is 1. The van der Waals surface area contributed by atoms with Crippen molar-refractivity contribution in [1.82, 2.24) is 0 Å². The fraction of sp³-hybridized carbons (Fsp3) is 0.286. The first-order valence-electron chi connectivity index (χ1n) is 8.91. The molecule has 6 nitrogen and oxygen atoms in total. The second-order valence-corrected chi connectivity index (χ2v) is 6.39. The molecule has 0 saturated heterocycles. The molecule has 6 heteroatoms. The van der Waals surface area contributed by atoms with E-state index in [1.165, 1.54) is 6.07 Å². The van der Waals surface area contributed by atoms with Crippen molar-refractivity contribution >= 4 is 29.2 Å². The Morgan fingerprint density at radius 1 is 0.963 bits per heavy atom. The fourth-order valence-electron chi connectivity index (χ4n) is 2.75. The number of aromatic carboxylic acids is 1. The van der Waals surface area contributed by atoms with E-state index in [0.29, 0.717) is 11.3 Å². The number of amides is 2. The molecular weight excluding hydrogens is 344 g/mol. The van der Waals surface area contributed by atoms with E-state index in [2.05, 4.69) is 10.6 Å². The van der Waals surface area contributed by atoms with E-state index in [1.54, 1.807) is 43.3 Å². The van der Waals surface area contributed by atoms with E-state index in [0.717, 1.165) is 18.4 Å². The van der Waals surface area contributed by atoms with Crippen LogP contribution in [0.15, 0.2) is 42.5 Å². The third kappa shape index (κ3) is 5.17. The highest BCUT2D eigenvalue weighted by Crippen LogP contribution is 2.19. The Kier molecular flexibility index (Phi) is 6.71. The Morgan fingerprint density at radius 3 is 2.15 bits per heavy atom. The lowest BCUT2D eigenvalue weighted by Gasteiger charge is -2.13. The number of nitrogens with one attached hydrogen (secondary N) is 2. The summed E-state index contributed by atoms with van der Waals surface area (Å²) < 4.78 is 0. The molecule has 2 amide bonds. The van der Waals surface area contributed by atoms with Gasteiger partial charge in [-0.2, -0.15) is 0 Å². The highest BCUT2D eigenvalue weighted by atomic mass is 16.4. The second-order valence-electron chi connectivity index (χ2n) is 6.39. The van der Waals surface area contributed by atoms with Gasteiger partial charge in [-0.1, -0.05) is 25.5 Å². The van der Waals surface area contributed by atoms with Crippen molar-refractivity contribution in [2.45, 2.75) is 33.6 Å². The van der Waals surface area contributed by atoms with Crippen LogP contribution in [0.25, 0.3) is 0 Å². The standard InChI is InChI=1S/C21H24N2O4/c1-4-14(5-2)19(24)22-16-9-7-15(8-10-16)20(25)23-18-11-6-13(3)12-17(18)21(26)27/h6-12,14H,4-5H2,1-3H3,(H,22,24)(H,23,25)(H,26,27). The van der Waals surface area contributed by atoms with Crippen molar-refractivity contribution < 1.29 is 19.5 Å². The first-order valence-corrected chi connectivity index (χ1v) is 8.91. The molecule has 0 aromatic heterocycles. The summed E-state index contributed by atoms with van der Waals surface area (Å²) in [7, 11) is 0. The highest BCUT2D eigenvalue weighted by Gasteiger charge is 2.16. The Bertz CT molecular complexity index is 840. The Labute approximate surface area is 158 Å². The number of anilines is 2. The Hall–Kier alpha value is -3.15. The maximum atomic E-state index is 12.4. The normalized spacial score (nSPS) is 10.5. The van der Waals surface area contributed by atoms with Crippen LogP contribution < -0.4 is 10.6 Å². The number of carboxylic acids is 1. The zero-order valence-corrected chi connectivity index (χ0v) is 15.7. The molecular formula is C21H24N2O4. The van der Waals surface area contributed by atoms with Crippen LogP contribution in [0.4, 0.5) is 11.4 Å². The van der Waals surface area contributed by atoms with Gasteiger partial charge in [0.1, 0.15) is 0 Å². The fourth-order valence-corrected chi connectivity index (χ4v) is 2.75. The zero-order valence-electron chi connectivity index (χ0n) is 15.7. The molecule has 0 fully saturated rings. The summed E-state index contributed by atoms with van der Waals surface area (Å²) in [6.45, 7) is 5.72. The van der Waals surface area contributed by atoms with Gasteiger partial charge in [-0.25, -0.2) is 4.79 Å². The van der Waals surface area contributed by atoms with E-state index >= 15 is 0 Å². The smallest absolute Gasteiger partial charge is 0.337 e. The summed E-state index contributed by atoms with van der Waals surface area (Å²) in [5.41, 5.74) is 2.06. The average Bonchev–Trinajstić information content (AvgIpc) is 2.64. The van der Waals surface area contributed by atoms with Crippen LogP contribution in [0.5, 0.6) is 0 Å². The largest absolute Gasteiger partial charge is 0.478 e. The highest BCUT2D eigenvalue weighted by molar-refractivity contribution is 6.08. The summed E-state index contributed by atoms with van der Waals surface area (Å²) in [6.07, 6.45) is 1.54. The molecule has 0 atom stereocenters. The van der Waals surface area contributed by atoms with Gasteiger partial charge in [0, 0.05) is 17.2 Å². The van der Waals surface area contributed by atoms with Crippen LogP contribution in [-0.4, -0.2) is 22.9 Å². The lowest BCUT2D eigenvalue weighted by molar-refractivity contribution is -0.120. The molecule has 0 unspecified atom stereocenters. The van der Waals surface area contributed by atoms with Gasteiger partial charge in [-0.15, -0.1) is 0 Å². The van der Waals surface area contributed by atoms with Crippen LogP contribution in [0.1, 0.15) is 53.0 Å². The van der Waals surface area contributed by atoms with Gasteiger partial charge in [0.05, 0.1) is 11.3 Å². The average molecular weight is 368 g/mol. The molecule has 2 aromatic carbocycles. The predicted octanol–water partition coefficient (Wildman–Crippen LogP) is 4.32. The quantitative estimate of drug-likeness (QED) is 0.678. The van der Waals surface area contributed by atoms with Gasteiger partial charge >= 0.3 is 5.97 Å². The van der Waals surface area contributed by atoms with Gasteiger partial charge in [0.2, 0.25) is 5.91 Å². The minimum Gasteiger partial charge on any atom is -0.478 e. The lowest BCUT2D eigenvalue weighted by Crippen LogP contribution is -2.21. The van der Waals surface area contributed by atoms with Crippen LogP contribution >= 0.6 is 0 Å². The summed E-state index contributed by atoms with van der Waals surface area (Å²) in [5.74, 6) is -1.60. The number of rotatable bonds is 7. The summed E-state index contributed by atoms with van der Waals surface area (Å²) in [4.78, 5) is 35.9. The van der Waals surface area contributed by atoms with Crippen molar-refractivity contribution in [2.24, 2.45) is 5.92 Å². The van der Waals surface area contributed by atoms with Crippen LogP contribution in [0.2, 0.25) is 0 Å². The minimum absolute atomic E-state index is 0.0380. The predicted molar refractivity (Wildman–Crippen MR) is 105 cm³/mol. The molecule has 2 rings (SSSR count). The van der Waals surface area contributed by atoms with Gasteiger partial charge in [0.25, 0.3) is 5.91 Å². The summed E-state index contributed by atoms with van der Waals surface area (Å²) >= 11 is 0. The number of hydrogen-bond acceptors (Lipinski definition) is 3. The number of carbonyl (C=O) groups is 3. The zero-order chi connectivity index (χ0) is 20.0. The van der Waals surface area contributed by atoms with Crippen molar-refractivity contribution in [3.63, 3.8) is 0 Å². The van der Waals surface area contributed by atoms with Crippen molar-refractivity contribution in [3.05, 3.63) is 59.2 Å². The van der Waals surface area contributed by atoms with Crippen LogP contribution in [0.3, 0.4) is 0 Å². The van der Waals surface area contributed by atoms with E-state index < -0.39 is 11.9 Å². The Morgan fingerprint density at radius 2 is 1.59 bits per heavy atom. The molecule has 0 heterocycles. The molecule has 3 N–H and O–H groups in total. The van der Waals surface area contributed by atoms with Crippen molar-refractivity contribution in [3.8, 4) is 0 Å². The number of benzene rings is 2. The molecule has 0 bridgehead atoms. The van der Waals surface area contributed by atoms with Gasteiger partial charge in [-0.05, 0) is 56.2 Å². The first kappa shape index (κ1) is 20.2. The van der Waals surface area contributed by atoms with E-state index in [9.17, 15) is 19.5 Å². The minimum atomic E-state index is -1.10. The third-order valence-corrected chi connectivity index (χ3v) is 4.42. The molecule has 0 radical (unpaired) electrons. The Balaban J connectivity index is 2.10. The number of aryl methyl sites for hydroxylation is 1. The maximum absolute atomic E-state index is 12.4. The SMILES string of the molecule is CCC(CC)C(=O)Nc1ccc(C(=O)Nc2ccc(C)cc2C(=O)O)cc1. The number of hydrogen-bond donors (Lipinski definition) is 3. The topological polar surface area (TPSA) is 95.5 Å². The maximum Gasteiger partial charge on any atom is 0.337 e. The molecule has 0 spiro atoms. The van der Waals surface area contributed by atoms with Gasteiger partial charge in [0.15, 0.2) is 0 Å². The summed E-state index contributed by atoms with van der Waals surface area (Å²) in [5, 5.41) is 14.8. The lowest BCUT2D eigenvalue weighted by atomic mass is 10.0. The molecule has 0 aliphatic carbocycles. The van der Waals surface area contributed by atoms with Crippen molar-refractivity contribution in [2.75, 3.05) is 10.6 Å². The van der Waals surface area contributed by atoms with Crippen molar-refractivity contribution in [1.29, 1.82) is 0 Å². The molecule has 0 aliphatic rings. The van der Waals surface area contributed by atoms with E-state index in [1.807, 2.05) is 13.8 Å². The molecule has 2 aromatic rings. The number of carbonyl (C=O) groups excluding carboxylic acids is 2. The van der Waals surface area contributed by atoms with E-state index in [-0.39, 0.29) is 23.1 Å². The molecule has 0 saturated carbocycles. The van der Waals surface area contributed by atoms with Crippen LogP contribution in [0, 0.1) is 12.8 Å².